The predicted octanol–water partition coefficient (Wildman–Crippen LogP) is 3.79. The van der Waals surface area contributed by atoms with Gasteiger partial charge >= 0.3 is 6.09 Å². The summed E-state index contributed by atoms with van der Waals surface area (Å²) in [4.78, 5) is 32.1. The fraction of sp³-hybridized carbons (Fsp3) is 0.190. The Balaban J connectivity index is 1.38. The van der Waals surface area contributed by atoms with Crippen molar-refractivity contribution in [1.29, 1.82) is 0 Å². The van der Waals surface area contributed by atoms with Gasteiger partial charge in [-0.1, -0.05) is 18.2 Å². The van der Waals surface area contributed by atoms with E-state index in [4.69, 9.17) is 5.11 Å². The topological polar surface area (TPSA) is 85.8 Å². The number of nitrogens with zero attached hydrogens (tertiary/aromatic N) is 3. The zero-order chi connectivity index (χ0) is 20.2. The summed E-state index contributed by atoms with van der Waals surface area (Å²) in [5.41, 5.74) is 2.42. The van der Waals surface area contributed by atoms with Crippen molar-refractivity contribution in [3.8, 4) is 0 Å². The highest BCUT2D eigenvalue weighted by molar-refractivity contribution is 8.00. The molecule has 0 unspecified atom stereocenters. The summed E-state index contributed by atoms with van der Waals surface area (Å²) in [6.45, 7) is 1.51. The zero-order valence-electron chi connectivity index (χ0n) is 15.6. The van der Waals surface area contributed by atoms with Gasteiger partial charge in [0.2, 0.25) is 0 Å². The number of nitrogens with one attached hydrogen (secondary N) is 1. The maximum Gasteiger partial charge on any atom is 0.407 e. The summed E-state index contributed by atoms with van der Waals surface area (Å²) in [7, 11) is 0. The molecule has 0 bridgehead atoms. The summed E-state index contributed by atoms with van der Waals surface area (Å²) >= 11 is 1.48. The standard InChI is InChI=1S/C21H20N4O3S/c26-20(24-11-13-25(14-12-24)21(27)28)16-6-8-17(9-7-16)23-29-18-5-1-3-15-4-2-10-22-19(15)18/h1-10,23H,11-14H2,(H,27,28). The molecule has 1 saturated heterocycles. The summed E-state index contributed by atoms with van der Waals surface area (Å²) in [6, 6.07) is 17.3. The van der Waals surface area contributed by atoms with Gasteiger partial charge in [-0.3, -0.25) is 9.78 Å². The number of carbonyl (C=O) groups excluding carboxylic acids is 1. The van der Waals surface area contributed by atoms with E-state index < -0.39 is 6.09 Å². The SMILES string of the molecule is O=C(O)N1CCN(C(=O)c2ccc(NSc3cccc4cccnc34)cc2)CC1. The van der Waals surface area contributed by atoms with Crippen LogP contribution in [0.2, 0.25) is 0 Å². The first-order valence-corrected chi connectivity index (χ1v) is 10.1. The van der Waals surface area contributed by atoms with Gasteiger partial charge in [0.15, 0.2) is 0 Å². The molecule has 0 radical (unpaired) electrons. The second kappa shape index (κ2) is 8.40. The number of pyridine rings is 1. The zero-order valence-corrected chi connectivity index (χ0v) is 16.4. The van der Waals surface area contributed by atoms with E-state index in [1.807, 2.05) is 42.5 Å². The molecule has 0 aliphatic carbocycles. The number of hydrogen-bond acceptors (Lipinski definition) is 5. The average Bonchev–Trinajstić information content (AvgIpc) is 2.77. The van der Waals surface area contributed by atoms with Crippen LogP contribution in [-0.4, -0.2) is 58.1 Å². The van der Waals surface area contributed by atoms with Crippen molar-refractivity contribution in [2.45, 2.75) is 4.90 Å². The first-order valence-electron chi connectivity index (χ1n) is 9.25. The fourth-order valence-electron chi connectivity index (χ4n) is 3.24. The lowest BCUT2D eigenvalue weighted by Gasteiger charge is -2.33. The lowest BCUT2D eigenvalue weighted by atomic mass is 10.1. The number of anilines is 1. The second-order valence-electron chi connectivity index (χ2n) is 6.67. The van der Waals surface area contributed by atoms with E-state index in [0.29, 0.717) is 31.7 Å². The quantitative estimate of drug-likeness (QED) is 0.639. The minimum atomic E-state index is -0.938. The van der Waals surface area contributed by atoms with Crippen LogP contribution in [0, 0.1) is 0 Å². The molecule has 3 aromatic rings. The Labute approximate surface area is 172 Å². The van der Waals surface area contributed by atoms with Crippen LogP contribution in [0.1, 0.15) is 10.4 Å². The largest absolute Gasteiger partial charge is 0.465 e. The van der Waals surface area contributed by atoms with Gasteiger partial charge < -0.3 is 19.6 Å². The van der Waals surface area contributed by atoms with Crippen molar-refractivity contribution in [3.05, 3.63) is 66.4 Å². The van der Waals surface area contributed by atoms with Gasteiger partial charge in [0.1, 0.15) is 0 Å². The van der Waals surface area contributed by atoms with Crippen LogP contribution < -0.4 is 4.72 Å². The van der Waals surface area contributed by atoms with E-state index in [9.17, 15) is 9.59 Å². The molecule has 1 aliphatic heterocycles. The van der Waals surface area contributed by atoms with Gasteiger partial charge in [-0.25, -0.2) is 4.79 Å². The van der Waals surface area contributed by atoms with Crippen molar-refractivity contribution >= 4 is 40.5 Å². The molecular weight excluding hydrogens is 388 g/mol. The van der Waals surface area contributed by atoms with E-state index >= 15 is 0 Å². The van der Waals surface area contributed by atoms with Crippen molar-refractivity contribution in [2.75, 3.05) is 30.9 Å². The van der Waals surface area contributed by atoms with Crippen LogP contribution in [0.15, 0.2) is 65.7 Å². The molecule has 2 amide bonds. The molecule has 148 valence electrons. The number of amides is 2. The summed E-state index contributed by atoms with van der Waals surface area (Å²) in [6.07, 6.45) is 0.842. The number of fused-ring (bicyclic) bond motifs is 1. The van der Waals surface area contributed by atoms with Crippen molar-refractivity contribution in [3.63, 3.8) is 0 Å². The molecule has 7 nitrogen and oxygen atoms in total. The third-order valence-corrected chi connectivity index (χ3v) is 5.73. The Bertz CT molecular complexity index is 1030. The molecule has 29 heavy (non-hydrogen) atoms. The number of piperazine rings is 1. The van der Waals surface area contributed by atoms with Gasteiger partial charge in [-0.05, 0) is 48.3 Å². The van der Waals surface area contributed by atoms with Gasteiger partial charge in [0.05, 0.1) is 10.4 Å². The first kappa shape index (κ1) is 19.1. The summed E-state index contributed by atoms with van der Waals surface area (Å²) in [5.74, 6) is -0.0764. The summed E-state index contributed by atoms with van der Waals surface area (Å²) < 4.78 is 3.30. The van der Waals surface area contributed by atoms with Gasteiger partial charge in [-0.15, -0.1) is 0 Å². The lowest BCUT2D eigenvalue weighted by molar-refractivity contribution is 0.0625. The number of carboxylic acid groups (broad SMARTS) is 1. The van der Waals surface area contributed by atoms with Crippen LogP contribution in [-0.2, 0) is 0 Å². The highest BCUT2D eigenvalue weighted by Gasteiger charge is 2.24. The van der Waals surface area contributed by atoms with Crippen LogP contribution >= 0.6 is 11.9 Å². The average molecular weight is 408 g/mol. The molecule has 2 aromatic carbocycles. The molecule has 2 N–H and O–H groups in total. The first-order chi connectivity index (χ1) is 14.1. The molecule has 8 heteroatoms. The van der Waals surface area contributed by atoms with Crippen molar-refractivity contribution in [1.82, 2.24) is 14.8 Å². The second-order valence-corrected chi connectivity index (χ2v) is 7.52. The maximum absolute atomic E-state index is 12.6. The molecule has 1 aliphatic rings. The van der Waals surface area contributed by atoms with E-state index in [1.54, 1.807) is 23.2 Å². The van der Waals surface area contributed by atoms with Crippen LogP contribution in [0.4, 0.5) is 10.5 Å². The van der Waals surface area contributed by atoms with Crippen LogP contribution in [0.5, 0.6) is 0 Å². The Morgan fingerprint density at radius 1 is 0.931 bits per heavy atom. The molecule has 1 fully saturated rings. The highest BCUT2D eigenvalue weighted by Crippen LogP contribution is 2.27. The predicted molar refractivity (Wildman–Crippen MR) is 113 cm³/mol. The van der Waals surface area contributed by atoms with E-state index in [1.165, 1.54) is 16.8 Å². The van der Waals surface area contributed by atoms with Crippen LogP contribution in [0.25, 0.3) is 10.9 Å². The van der Waals surface area contributed by atoms with E-state index in [-0.39, 0.29) is 5.91 Å². The Morgan fingerprint density at radius 2 is 1.62 bits per heavy atom. The number of hydrogen-bond donors (Lipinski definition) is 2. The van der Waals surface area contributed by atoms with Crippen molar-refractivity contribution < 1.29 is 14.7 Å². The summed E-state index contributed by atoms with van der Waals surface area (Å²) in [5, 5.41) is 10.1. The number of rotatable bonds is 4. The molecular formula is C21H20N4O3S. The minimum absolute atomic E-state index is 0.0764. The molecule has 1 aromatic heterocycles. The van der Waals surface area contributed by atoms with Crippen LogP contribution in [0.3, 0.4) is 0 Å². The third-order valence-electron chi connectivity index (χ3n) is 4.84. The fourth-order valence-corrected chi connectivity index (χ4v) is 4.01. The van der Waals surface area contributed by atoms with Gasteiger partial charge in [0.25, 0.3) is 5.91 Å². The molecule has 0 saturated carbocycles. The van der Waals surface area contributed by atoms with Crippen molar-refractivity contribution in [2.24, 2.45) is 0 Å². The van der Waals surface area contributed by atoms with E-state index in [0.717, 1.165) is 21.5 Å². The molecule has 0 atom stereocenters. The smallest absolute Gasteiger partial charge is 0.407 e. The van der Waals surface area contributed by atoms with E-state index in [2.05, 4.69) is 9.71 Å². The monoisotopic (exact) mass is 408 g/mol. The maximum atomic E-state index is 12.6. The molecule has 4 rings (SSSR count). The molecule has 2 heterocycles. The Kier molecular flexibility index (Phi) is 5.53. The number of para-hydroxylation sites is 1. The van der Waals surface area contributed by atoms with Gasteiger partial charge in [-0.2, -0.15) is 0 Å². The third kappa shape index (κ3) is 4.27. The highest BCUT2D eigenvalue weighted by atomic mass is 32.2. The number of carbonyl (C=O) groups is 2. The Morgan fingerprint density at radius 3 is 2.34 bits per heavy atom. The number of aromatic nitrogens is 1. The van der Waals surface area contributed by atoms with Gasteiger partial charge in [0, 0.05) is 49.0 Å². The molecule has 0 spiro atoms. The Hall–Kier alpha value is -3.26. The normalized spacial score (nSPS) is 14.1. The number of benzene rings is 2. The lowest BCUT2D eigenvalue weighted by Crippen LogP contribution is -2.50. The minimum Gasteiger partial charge on any atom is -0.465 e.